The van der Waals surface area contributed by atoms with Gasteiger partial charge in [0.05, 0.1) is 18.1 Å². The van der Waals surface area contributed by atoms with Gasteiger partial charge in [-0.2, -0.15) is 0 Å². The van der Waals surface area contributed by atoms with E-state index in [2.05, 4.69) is 10.3 Å². The van der Waals surface area contributed by atoms with Gasteiger partial charge in [-0.05, 0) is 48.2 Å². The number of aliphatic hydroxyl groups excluding tert-OH is 2. The van der Waals surface area contributed by atoms with Gasteiger partial charge >= 0.3 is 0 Å². The maximum Gasteiger partial charge on any atom is 0.267 e. The third-order valence-corrected chi connectivity index (χ3v) is 6.68. The van der Waals surface area contributed by atoms with E-state index in [0.717, 1.165) is 22.0 Å². The van der Waals surface area contributed by atoms with Crippen LogP contribution in [0.5, 0.6) is 0 Å². The smallest absolute Gasteiger partial charge is 0.267 e. The highest BCUT2D eigenvalue weighted by molar-refractivity contribution is 6.31. The molecule has 1 saturated heterocycles. The molecule has 4 N–H and O–H groups in total. The second-order valence-electron chi connectivity index (χ2n) is 8.65. The van der Waals surface area contributed by atoms with E-state index in [1.165, 1.54) is 4.90 Å². The lowest BCUT2D eigenvalue weighted by atomic mass is 9.79. The second kappa shape index (κ2) is 8.24. The fourth-order valence-corrected chi connectivity index (χ4v) is 5.00. The van der Waals surface area contributed by atoms with E-state index in [-0.39, 0.29) is 30.9 Å². The van der Waals surface area contributed by atoms with Gasteiger partial charge in [0.25, 0.3) is 5.91 Å². The Hall–Kier alpha value is -2.87. The summed E-state index contributed by atoms with van der Waals surface area (Å²) in [5.41, 5.74) is 3.23. The molecule has 32 heavy (non-hydrogen) atoms. The second-order valence-corrected chi connectivity index (χ2v) is 9.09. The number of hydrogen-bond acceptors (Lipinski definition) is 4. The molecule has 0 bridgehead atoms. The molecule has 0 unspecified atom stereocenters. The summed E-state index contributed by atoms with van der Waals surface area (Å²) in [6, 6.07) is 14.7. The number of halogens is 1. The summed E-state index contributed by atoms with van der Waals surface area (Å²) in [4.78, 5) is 30.9. The number of benzene rings is 2. The first-order chi connectivity index (χ1) is 15.4. The van der Waals surface area contributed by atoms with E-state index in [1.807, 2.05) is 30.3 Å². The maximum absolute atomic E-state index is 13.3. The van der Waals surface area contributed by atoms with Crippen LogP contribution < -0.4 is 5.32 Å². The predicted octanol–water partition coefficient (Wildman–Crippen LogP) is 2.21. The topological polar surface area (TPSA) is 106 Å². The number of likely N-dealkylation sites (tertiary alicyclic amines) is 1. The number of nitrogens with one attached hydrogen (secondary N) is 2. The molecular weight excluding hydrogens is 430 g/mol. The minimum atomic E-state index is -0.927. The van der Waals surface area contributed by atoms with Gasteiger partial charge in [0.15, 0.2) is 0 Å². The molecule has 2 aliphatic rings. The van der Waals surface area contributed by atoms with Crippen molar-refractivity contribution < 1.29 is 19.8 Å². The lowest BCUT2D eigenvalue weighted by Gasteiger charge is -2.33. The molecule has 1 aliphatic heterocycles. The molecule has 0 radical (unpaired) electrons. The van der Waals surface area contributed by atoms with Crippen LogP contribution in [0.15, 0.2) is 48.5 Å². The zero-order chi connectivity index (χ0) is 22.4. The highest BCUT2D eigenvalue weighted by Gasteiger charge is 2.39. The number of nitrogens with zero attached hydrogens (tertiary/aromatic N) is 1. The minimum Gasteiger partial charge on any atom is -0.388 e. The maximum atomic E-state index is 13.3. The Morgan fingerprint density at radius 2 is 1.81 bits per heavy atom. The zero-order valence-corrected chi connectivity index (χ0v) is 18.0. The van der Waals surface area contributed by atoms with Gasteiger partial charge in [0.2, 0.25) is 5.91 Å². The van der Waals surface area contributed by atoms with Crippen molar-refractivity contribution in [2.75, 3.05) is 13.1 Å². The van der Waals surface area contributed by atoms with E-state index in [0.29, 0.717) is 23.6 Å². The summed E-state index contributed by atoms with van der Waals surface area (Å²) in [6.45, 7) is 0.237. The zero-order valence-electron chi connectivity index (χ0n) is 17.3. The van der Waals surface area contributed by atoms with E-state index in [9.17, 15) is 19.8 Å². The summed E-state index contributed by atoms with van der Waals surface area (Å²) < 4.78 is 0. The van der Waals surface area contributed by atoms with Crippen LogP contribution in [0.25, 0.3) is 10.9 Å². The van der Waals surface area contributed by atoms with Gasteiger partial charge in [-0.1, -0.05) is 35.9 Å². The number of carbonyl (C=O) groups is 2. The number of rotatable bonds is 3. The normalized spacial score (nSPS) is 25.0. The van der Waals surface area contributed by atoms with Crippen molar-refractivity contribution in [2.24, 2.45) is 0 Å². The summed E-state index contributed by atoms with van der Waals surface area (Å²) >= 11 is 6.05. The van der Waals surface area contributed by atoms with Gasteiger partial charge in [0, 0.05) is 35.1 Å². The summed E-state index contributed by atoms with van der Waals surface area (Å²) in [7, 11) is 0. The highest BCUT2D eigenvalue weighted by Crippen LogP contribution is 2.34. The van der Waals surface area contributed by atoms with E-state index < -0.39 is 18.1 Å². The van der Waals surface area contributed by atoms with Crippen LogP contribution in [-0.4, -0.2) is 63.3 Å². The van der Waals surface area contributed by atoms with Crippen LogP contribution in [0.3, 0.4) is 0 Å². The van der Waals surface area contributed by atoms with Gasteiger partial charge in [-0.3, -0.25) is 9.59 Å². The van der Waals surface area contributed by atoms with Crippen LogP contribution in [-0.2, 0) is 11.2 Å². The predicted molar refractivity (Wildman–Crippen MR) is 121 cm³/mol. The number of H-pyrrole nitrogens is 1. The number of aromatic amines is 1. The summed E-state index contributed by atoms with van der Waals surface area (Å²) in [6.07, 6.45) is -0.771. The molecule has 2 heterocycles. The SMILES string of the molecule is O=C(N[C@H]1Cc2ccccc2[C@@H](C(=O)N2C[C@@H](O)[C@@H](O)C2)C1)c1cc2cc(Cl)ccc2[nH]1. The molecule has 1 fully saturated rings. The number of amides is 2. The van der Waals surface area contributed by atoms with Crippen molar-refractivity contribution in [1.82, 2.24) is 15.2 Å². The molecule has 0 spiro atoms. The van der Waals surface area contributed by atoms with Crippen molar-refractivity contribution in [3.63, 3.8) is 0 Å². The van der Waals surface area contributed by atoms with Crippen LogP contribution in [0.2, 0.25) is 5.02 Å². The molecule has 166 valence electrons. The van der Waals surface area contributed by atoms with Crippen LogP contribution >= 0.6 is 11.6 Å². The monoisotopic (exact) mass is 453 g/mol. The number of fused-ring (bicyclic) bond motifs is 2. The molecule has 8 heteroatoms. The molecule has 7 nitrogen and oxygen atoms in total. The van der Waals surface area contributed by atoms with E-state index in [1.54, 1.807) is 18.2 Å². The number of aromatic nitrogens is 1. The molecule has 1 aromatic heterocycles. The molecule has 5 rings (SSSR count). The molecule has 4 atom stereocenters. The van der Waals surface area contributed by atoms with Crippen LogP contribution in [0.1, 0.15) is 34.0 Å². The lowest BCUT2D eigenvalue weighted by molar-refractivity contribution is -0.132. The van der Waals surface area contributed by atoms with Gasteiger partial charge in [-0.25, -0.2) is 0 Å². The first-order valence-corrected chi connectivity index (χ1v) is 11.1. The molecule has 1 aliphatic carbocycles. The minimum absolute atomic E-state index is 0.118. The molecule has 3 aromatic rings. The standard InChI is InChI=1S/C24H24ClN3O4/c25-15-5-6-19-14(7-15)9-20(27-19)23(31)26-16-8-13-3-1-2-4-17(13)18(10-16)24(32)28-11-21(29)22(30)12-28/h1-7,9,16,18,21-22,27,29-30H,8,10-12H2,(H,26,31)/t16-,18-,21-,22+/m0/s1. The third kappa shape index (κ3) is 3.88. The molecular formula is C24H24ClN3O4. The fraction of sp³-hybridized carbons (Fsp3) is 0.333. The Morgan fingerprint density at radius 3 is 2.59 bits per heavy atom. The van der Waals surface area contributed by atoms with Crippen LogP contribution in [0, 0.1) is 0 Å². The summed E-state index contributed by atoms with van der Waals surface area (Å²) in [5, 5.41) is 24.3. The lowest BCUT2D eigenvalue weighted by Crippen LogP contribution is -2.44. The van der Waals surface area contributed by atoms with Gasteiger partial charge in [0.1, 0.15) is 5.69 Å². The molecule has 2 amide bonds. The van der Waals surface area contributed by atoms with E-state index in [4.69, 9.17) is 11.6 Å². The number of aliphatic hydroxyl groups is 2. The van der Waals surface area contributed by atoms with E-state index >= 15 is 0 Å². The largest absolute Gasteiger partial charge is 0.388 e. The van der Waals surface area contributed by atoms with Crippen molar-refractivity contribution >= 4 is 34.3 Å². The average Bonchev–Trinajstić information content (AvgIpc) is 3.35. The Kier molecular flexibility index (Phi) is 5.41. The average molecular weight is 454 g/mol. The Labute approximate surface area is 190 Å². The number of β-amino-alcohol motifs (C(OH)–C–C–N with tert-alkyl or cyclic N) is 2. The third-order valence-electron chi connectivity index (χ3n) is 6.45. The first kappa shape index (κ1) is 21.0. The number of carbonyl (C=O) groups excluding carboxylic acids is 2. The Morgan fingerprint density at radius 1 is 1.06 bits per heavy atom. The quantitative estimate of drug-likeness (QED) is 0.488. The van der Waals surface area contributed by atoms with Crippen molar-refractivity contribution in [3.05, 3.63) is 70.4 Å². The summed E-state index contributed by atoms with van der Waals surface area (Å²) in [5.74, 6) is -0.809. The first-order valence-electron chi connectivity index (χ1n) is 10.7. The van der Waals surface area contributed by atoms with Crippen LogP contribution in [0.4, 0.5) is 0 Å². The van der Waals surface area contributed by atoms with Crippen molar-refractivity contribution in [3.8, 4) is 0 Å². The Balaban J connectivity index is 1.37. The molecule has 2 aromatic carbocycles. The molecule has 0 saturated carbocycles. The van der Waals surface area contributed by atoms with Gasteiger partial charge in [-0.15, -0.1) is 0 Å². The fourth-order valence-electron chi connectivity index (χ4n) is 4.82. The van der Waals surface area contributed by atoms with Crippen molar-refractivity contribution in [2.45, 2.75) is 37.0 Å². The highest BCUT2D eigenvalue weighted by atomic mass is 35.5. The van der Waals surface area contributed by atoms with Gasteiger partial charge < -0.3 is 25.4 Å². The number of hydrogen-bond donors (Lipinski definition) is 4. The Bertz CT molecular complexity index is 1180. The van der Waals surface area contributed by atoms with Crippen molar-refractivity contribution in [1.29, 1.82) is 0 Å².